The van der Waals surface area contributed by atoms with Crippen LogP contribution in [0.4, 0.5) is 4.39 Å². The maximum absolute atomic E-state index is 14.2. The summed E-state index contributed by atoms with van der Waals surface area (Å²) in [5.74, 6) is -0.595. The minimum absolute atomic E-state index is 0.0809. The fourth-order valence-corrected chi connectivity index (χ4v) is 2.01. The molecular formula is C13H17ClFN5O. The lowest BCUT2D eigenvalue weighted by molar-refractivity contribution is 0.178. The van der Waals surface area contributed by atoms with Crippen molar-refractivity contribution in [1.82, 2.24) is 25.3 Å². The molecule has 1 N–H and O–H groups in total. The van der Waals surface area contributed by atoms with Crippen LogP contribution in [0.15, 0.2) is 12.3 Å². The van der Waals surface area contributed by atoms with Gasteiger partial charge in [0.15, 0.2) is 11.0 Å². The Balaban J connectivity index is 2.49. The lowest BCUT2D eigenvalue weighted by atomic mass is 10.1. The Bertz CT molecular complexity index is 619. The molecule has 1 atom stereocenters. The number of nitrogens with one attached hydrogen (secondary N) is 1. The molecule has 0 amide bonds. The van der Waals surface area contributed by atoms with E-state index in [4.69, 9.17) is 16.3 Å². The van der Waals surface area contributed by atoms with Gasteiger partial charge in [0.25, 0.3) is 0 Å². The standard InChI is InChI=1S/C13H17ClFN5O/c1-8(16-2)11-12(19-20(18-11)6-7-21-3)9-4-5-17-13(14)10(9)15/h4-5,8,16H,6-7H2,1-3H3. The van der Waals surface area contributed by atoms with Gasteiger partial charge in [-0.3, -0.25) is 0 Å². The molecule has 0 fully saturated rings. The Labute approximate surface area is 127 Å². The number of hydrogen-bond acceptors (Lipinski definition) is 5. The van der Waals surface area contributed by atoms with E-state index < -0.39 is 5.82 Å². The molecule has 0 spiro atoms. The normalized spacial score (nSPS) is 12.6. The molecule has 0 saturated heterocycles. The van der Waals surface area contributed by atoms with Crippen molar-refractivity contribution in [3.05, 3.63) is 28.9 Å². The van der Waals surface area contributed by atoms with Crippen LogP contribution in [0.1, 0.15) is 18.7 Å². The van der Waals surface area contributed by atoms with Crippen LogP contribution in [0.2, 0.25) is 5.15 Å². The fraction of sp³-hybridized carbons (Fsp3) is 0.462. The first-order chi connectivity index (χ1) is 10.1. The van der Waals surface area contributed by atoms with Crippen LogP contribution in [0.5, 0.6) is 0 Å². The number of methoxy groups -OCH3 is 1. The molecule has 8 heteroatoms. The summed E-state index contributed by atoms with van der Waals surface area (Å²) in [6, 6.07) is 1.46. The number of aromatic nitrogens is 4. The third-order valence-corrected chi connectivity index (χ3v) is 3.39. The van der Waals surface area contributed by atoms with E-state index in [2.05, 4.69) is 20.5 Å². The molecule has 0 bridgehead atoms. The highest BCUT2D eigenvalue weighted by Crippen LogP contribution is 2.29. The summed E-state index contributed by atoms with van der Waals surface area (Å²) in [7, 11) is 3.41. The molecule has 2 aromatic rings. The SMILES string of the molecule is CNC(C)c1nn(CCOC)nc1-c1ccnc(Cl)c1F. The van der Waals surface area contributed by atoms with E-state index in [9.17, 15) is 4.39 Å². The van der Waals surface area contributed by atoms with Gasteiger partial charge in [0, 0.05) is 18.9 Å². The average Bonchev–Trinajstić information content (AvgIpc) is 2.91. The number of nitrogens with zero attached hydrogens (tertiary/aromatic N) is 4. The second-order valence-electron chi connectivity index (χ2n) is 4.50. The lowest BCUT2D eigenvalue weighted by Gasteiger charge is -2.08. The first kappa shape index (κ1) is 15.8. The highest BCUT2D eigenvalue weighted by atomic mass is 35.5. The quantitative estimate of drug-likeness (QED) is 0.827. The van der Waals surface area contributed by atoms with Crippen LogP contribution in [-0.4, -0.2) is 40.7 Å². The Morgan fingerprint density at radius 1 is 1.48 bits per heavy atom. The highest BCUT2D eigenvalue weighted by Gasteiger charge is 2.21. The Hall–Kier alpha value is -1.57. The summed E-state index contributed by atoms with van der Waals surface area (Å²) >= 11 is 5.74. The topological polar surface area (TPSA) is 64.9 Å². The van der Waals surface area contributed by atoms with Gasteiger partial charge < -0.3 is 10.1 Å². The van der Waals surface area contributed by atoms with Gasteiger partial charge in [-0.2, -0.15) is 15.0 Å². The Morgan fingerprint density at radius 2 is 2.24 bits per heavy atom. The molecule has 0 aliphatic carbocycles. The summed E-state index contributed by atoms with van der Waals surface area (Å²) in [5, 5.41) is 11.6. The van der Waals surface area contributed by atoms with Crippen molar-refractivity contribution in [2.75, 3.05) is 20.8 Å². The highest BCUT2D eigenvalue weighted by molar-refractivity contribution is 6.29. The fourth-order valence-electron chi connectivity index (χ4n) is 1.86. The van der Waals surface area contributed by atoms with E-state index >= 15 is 0 Å². The van der Waals surface area contributed by atoms with Crippen molar-refractivity contribution >= 4 is 11.6 Å². The number of hydrogen-bond donors (Lipinski definition) is 1. The predicted octanol–water partition coefficient (Wildman–Crippen LogP) is 2.06. The third kappa shape index (κ3) is 3.37. The summed E-state index contributed by atoms with van der Waals surface area (Å²) in [6.07, 6.45) is 1.45. The van der Waals surface area contributed by atoms with E-state index in [0.29, 0.717) is 24.5 Å². The Morgan fingerprint density at radius 3 is 2.90 bits per heavy atom. The molecule has 2 aromatic heterocycles. The van der Waals surface area contributed by atoms with E-state index in [1.165, 1.54) is 17.1 Å². The van der Waals surface area contributed by atoms with Gasteiger partial charge in [-0.1, -0.05) is 11.6 Å². The van der Waals surface area contributed by atoms with Crippen molar-refractivity contribution in [2.24, 2.45) is 0 Å². The first-order valence-electron chi connectivity index (χ1n) is 6.50. The molecule has 1 unspecified atom stereocenters. The van der Waals surface area contributed by atoms with Gasteiger partial charge in [-0.15, -0.1) is 0 Å². The molecule has 0 aliphatic rings. The van der Waals surface area contributed by atoms with Crippen LogP contribution in [0.3, 0.4) is 0 Å². The zero-order valence-electron chi connectivity index (χ0n) is 12.1. The van der Waals surface area contributed by atoms with Gasteiger partial charge in [0.05, 0.1) is 19.2 Å². The van der Waals surface area contributed by atoms with Crippen molar-refractivity contribution in [3.8, 4) is 11.3 Å². The van der Waals surface area contributed by atoms with Crippen LogP contribution < -0.4 is 5.32 Å². The van der Waals surface area contributed by atoms with E-state index in [-0.39, 0.29) is 16.8 Å². The predicted molar refractivity (Wildman–Crippen MR) is 77.6 cm³/mol. The molecule has 21 heavy (non-hydrogen) atoms. The average molecular weight is 314 g/mol. The van der Waals surface area contributed by atoms with Crippen LogP contribution >= 0.6 is 11.6 Å². The molecular weight excluding hydrogens is 297 g/mol. The number of ether oxygens (including phenoxy) is 1. The van der Waals surface area contributed by atoms with E-state index in [1.807, 2.05) is 6.92 Å². The van der Waals surface area contributed by atoms with Crippen molar-refractivity contribution < 1.29 is 9.13 Å². The zero-order valence-corrected chi connectivity index (χ0v) is 12.9. The van der Waals surface area contributed by atoms with Crippen LogP contribution in [-0.2, 0) is 11.3 Å². The van der Waals surface area contributed by atoms with Gasteiger partial charge in [0.1, 0.15) is 11.4 Å². The second kappa shape index (κ2) is 6.93. The molecule has 0 radical (unpaired) electrons. The van der Waals surface area contributed by atoms with Gasteiger partial charge in [-0.05, 0) is 20.0 Å². The molecule has 0 aliphatic heterocycles. The first-order valence-corrected chi connectivity index (χ1v) is 6.87. The van der Waals surface area contributed by atoms with Gasteiger partial charge >= 0.3 is 0 Å². The van der Waals surface area contributed by atoms with Crippen molar-refractivity contribution in [1.29, 1.82) is 0 Å². The lowest BCUT2D eigenvalue weighted by Crippen LogP contribution is -2.15. The monoisotopic (exact) mass is 313 g/mol. The van der Waals surface area contributed by atoms with Gasteiger partial charge in [0.2, 0.25) is 0 Å². The summed E-state index contributed by atoms with van der Waals surface area (Å²) in [4.78, 5) is 5.21. The molecule has 6 nitrogen and oxygen atoms in total. The molecule has 0 saturated carbocycles. The Kier molecular flexibility index (Phi) is 5.22. The smallest absolute Gasteiger partial charge is 0.169 e. The van der Waals surface area contributed by atoms with Gasteiger partial charge in [-0.25, -0.2) is 9.37 Å². The second-order valence-corrected chi connectivity index (χ2v) is 4.85. The van der Waals surface area contributed by atoms with Crippen LogP contribution in [0.25, 0.3) is 11.3 Å². The van der Waals surface area contributed by atoms with E-state index in [1.54, 1.807) is 14.2 Å². The minimum atomic E-state index is -0.595. The molecule has 0 aromatic carbocycles. The summed E-state index contributed by atoms with van der Waals surface area (Å²) in [5.41, 5.74) is 1.39. The van der Waals surface area contributed by atoms with Crippen molar-refractivity contribution in [3.63, 3.8) is 0 Å². The number of pyridine rings is 1. The maximum Gasteiger partial charge on any atom is 0.169 e. The maximum atomic E-state index is 14.2. The minimum Gasteiger partial charge on any atom is -0.383 e. The summed E-state index contributed by atoms with van der Waals surface area (Å²) < 4.78 is 19.2. The number of rotatable bonds is 6. The molecule has 2 rings (SSSR count). The van der Waals surface area contributed by atoms with Crippen LogP contribution in [0, 0.1) is 5.82 Å². The summed E-state index contributed by atoms with van der Waals surface area (Å²) in [6.45, 7) is 2.89. The van der Waals surface area contributed by atoms with Crippen molar-refractivity contribution in [2.45, 2.75) is 19.5 Å². The van der Waals surface area contributed by atoms with E-state index in [0.717, 1.165) is 0 Å². The zero-order chi connectivity index (χ0) is 15.4. The molecule has 114 valence electrons. The molecule has 2 heterocycles. The third-order valence-electron chi connectivity index (χ3n) is 3.12. The number of halogens is 2. The largest absolute Gasteiger partial charge is 0.383 e.